The first-order valence-corrected chi connectivity index (χ1v) is 7.38. The number of piperazine rings is 1. The van der Waals surface area contributed by atoms with Gasteiger partial charge in [0.15, 0.2) is 0 Å². The second-order valence-electron chi connectivity index (χ2n) is 5.16. The van der Waals surface area contributed by atoms with Gasteiger partial charge in [-0.1, -0.05) is 13.8 Å². The summed E-state index contributed by atoms with van der Waals surface area (Å²) in [5.74, 6) is 0. The third-order valence-electron chi connectivity index (χ3n) is 3.82. The number of nitrogens with zero attached hydrogens (tertiary/aromatic N) is 3. The molecule has 0 unspecified atom stereocenters. The minimum atomic E-state index is 0.910. The lowest BCUT2D eigenvalue weighted by Gasteiger charge is -2.36. The van der Waals surface area contributed by atoms with E-state index in [2.05, 4.69) is 46.9 Å². The van der Waals surface area contributed by atoms with Crippen LogP contribution in [0.1, 0.15) is 25.1 Å². The number of aryl methyl sites for hydroxylation is 1. The fraction of sp³-hybridized carbons (Fsp3) is 0.667. The lowest BCUT2D eigenvalue weighted by Crippen LogP contribution is -2.46. The molecule has 1 aliphatic heterocycles. The number of hydrogen-bond donors (Lipinski definition) is 1. The normalized spacial score (nSPS) is 16.9. The van der Waals surface area contributed by atoms with E-state index in [1.807, 2.05) is 6.20 Å². The van der Waals surface area contributed by atoms with Gasteiger partial charge in [0.05, 0.1) is 0 Å². The highest BCUT2D eigenvalue weighted by molar-refractivity contribution is 5.54. The molecule has 0 amide bonds. The smallest absolute Gasteiger partial charge is 0.0446 e. The number of pyridine rings is 1. The fourth-order valence-electron chi connectivity index (χ4n) is 2.57. The second-order valence-corrected chi connectivity index (χ2v) is 5.16. The van der Waals surface area contributed by atoms with Gasteiger partial charge in [0.2, 0.25) is 0 Å². The Morgan fingerprint density at radius 3 is 2.58 bits per heavy atom. The quantitative estimate of drug-likeness (QED) is 0.874. The van der Waals surface area contributed by atoms with E-state index in [9.17, 15) is 0 Å². The molecule has 0 aromatic carbocycles. The predicted octanol–water partition coefficient (Wildman–Crippen LogP) is 1.64. The Morgan fingerprint density at radius 2 is 1.95 bits per heavy atom. The molecule has 0 bridgehead atoms. The Labute approximate surface area is 116 Å². The van der Waals surface area contributed by atoms with Crippen molar-refractivity contribution in [3.05, 3.63) is 23.5 Å². The summed E-state index contributed by atoms with van der Waals surface area (Å²) in [7, 11) is 0. The summed E-state index contributed by atoms with van der Waals surface area (Å²) in [5, 5.41) is 3.41. The number of aromatic nitrogens is 1. The number of rotatable bonds is 5. The minimum Gasteiger partial charge on any atom is -0.369 e. The maximum Gasteiger partial charge on any atom is 0.0446 e. The zero-order valence-electron chi connectivity index (χ0n) is 12.4. The van der Waals surface area contributed by atoms with Crippen LogP contribution in [0.2, 0.25) is 0 Å². The van der Waals surface area contributed by atoms with Crippen LogP contribution in [-0.4, -0.2) is 49.2 Å². The summed E-state index contributed by atoms with van der Waals surface area (Å²) in [6, 6.07) is 2.23. The second kappa shape index (κ2) is 6.87. The van der Waals surface area contributed by atoms with E-state index in [4.69, 9.17) is 0 Å². The third-order valence-corrected chi connectivity index (χ3v) is 3.82. The van der Waals surface area contributed by atoms with Gasteiger partial charge in [-0.15, -0.1) is 0 Å². The summed E-state index contributed by atoms with van der Waals surface area (Å²) in [6.07, 6.45) is 2.03. The van der Waals surface area contributed by atoms with E-state index >= 15 is 0 Å². The van der Waals surface area contributed by atoms with E-state index in [0.29, 0.717) is 0 Å². The van der Waals surface area contributed by atoms with Gasteiger partial charge in [0.25, 0.3) is 0 Å². The maximum absolute atomic E-state index is 4.44. The molecule has 1 aromatic heterocycles. The van der Waals surface area contributed by atoms with Crippen LogP contribution in [0.25, 0.3) is 0 Å². The van der Waals surface area contributed by atoms with E-state index in [1.165, 1.54) is 24.3 Å². The molecule has 2 heterocycles. The standard InChI is InChI=1S/C15H26N4/c1-4-16-11-14-12-17-13(3)10-15(14)19-8-6-18(5-2)7-9-19/h10,12,16H,4-9,11H2,1-3H3. The lowest BCUT2D eigenvalue weighted by molar-refractivity contribution is 0.271. The van der Waals surface area contributed by atoms with Crippen LogP contribution < -0.4 is 10.2 Å². The summed E-state index contributed by atoms with van der Waals surface area (Å²) >= 11 is 0. The Balaban J connectivity index is 2.11. The molecule has 1 N–H and O–H groups in total. The molecule has 4 nitrogen and oxygen atoms in total. The Bertz CT molecular complexity index is 397. The van der Waals surface area contributed by atoms with Crippen molar-refractivity contribution in [3.63, 3.8) is 0 Å². The zero-order valence-corrected chi connectivity index (χ0v) is 12.4. The molecule has 1 fully saturated rings. The maximum atomic E-state index is 4.44. The molecule has 4 heteroatoms. The summed E-state index contributed by atoms with van der Waals surface area (Å²) in [5.41, 5.74) is 3.79. The highest BCUT2D eigenvalue weighted by Crippen LogP contribution is 2.22. The van der Waals surface area contributed by atoms with Crippen LogP contribution in [0, 0.1) is 6.92 Å². The highest BCUT2D eigenvalue weighted by atomic mass is 15.3. The van der Waals surface area contributed by atoms with Gasteiger partial charge in [-0.2, -0.15) is 0 Å². The predicted molar refractivity (Wildman–Crippen MR) is 80.7 cm³/mol. The van der Waals surface area contributed by atoms with Crippen LogP contribution >= 0.6 is 0 Å². The molecule has 0 saturated carbocycles. The van der Waals surface area contributed by atoms with Gasteiger partial charge >= 0.3 is 0 Å². The van der Waals surface area contributed by atoms with Gasteiger partial charge in [-0.25, -0.2) is 0 Å². The highest BCUT2D eigenvalue weighted by Gasteiger charge is 2.18. The van der Waals surface area contributed by atoms with Crippen LogP contribution in [0.5, 0.6) is 0 Å². The van der Waals surface area contributed by atoms with Gasteiger partial charge in [-0.3, -0.25) is 4.98 Å². The zero-order chi connectivity index (χ0) is 13.7. The number of likely N-dealkylation sites (N-methyl/N-ethyl adjacent to an activating group) is 1. The minimum absolute atomic E-state index is 0.910. The van der Waals surface area contributed by atoms with Gasteiger partial charge < -0.3 is 15.1 Å². The molecular formula is C15H26N4. The summed E-state index contributed by atoms with van der Waals surface area (Å²) in [6.45, 7) is 14.1. The van der Waals surface area contributed by atoms with Crippen LogP contribution in [-0.2, 0) is 6.54 Å². The first-order chi connectivity index (χ1) is 9.24. The molecule has 1 saturated heterocycles. The van der Waals surface area contributed by atoms with E-state index < -0.39 is 0 Å². The first-order valence-electron chi connectivity index (χ1n) is 7.38. The SMILES string of the molecule is CCNCc1cnc(C)cc1N1CCN(CC)CC1. The van der Waals surface area contributed by atoms with Crippen molar-refractivity contribution >= 4 is 5.69 Å². The fourth-order valence-corrected chi connectivity index (χ4v) is 2.57. The van der Waals surface area contributed by atoms with Crippen LogP contribution in [0.3, 0.4) is 0 Å². The average molecular weight is 262 g/mol. The summed E-state index contributed by atoms with van der Waals surface area (Å²) in [4.78, 5) is 9.46. The molecule has 106 valence electrons. The number of nitrogens with one attached hydrogen (secondary N) is 1. The summed E-state index contributed by atoms with van der Waals surface area (Å²) < 4.78 is 0. The van der Waals surface area contributed by atoms with Gasteiger partial charge in [0, 0.05) is 55.9 Å². The van der Waals surface area contributed by atoms with Gasteiger partial charge in [-0.05, 0) is 26.1 Å². The van der Waals surface area contributed by atoms with Crippen molar-refractivity contribution in [2.75, 3.05) is 44.2 Å². The Kier molecular flexibility index (Phi) is 5.16. The van der Waals surface area contributed by atoms with Crippen molar-refractivity contribution < 1.29 is 0 Å². The molecule has 19 heavy (non-hydrogen) atoms. The molecule has 2 rings (SSSR count). The Hall–Kier alpha value is -1.13. The molecule has 0 spiro atoms. The lowest BCUT2D eigenvalue weighted by atomic mass is 10.1. The monoisotopic (exact) mass is 262 g/mol. The molecule has 0 atom stereocenters. The largest absolute Gasteiger partial charge is 0.369 e. The number of hydrogen-bond acceptors (Lipinski definition) is 4. The van der Waals surface area contributed by atoms with Crippen molar-refractivity contribution in [1.82, 2.24) is 15.2 Å². The molecule has 0 aliphatic carbocycles. The van der Waals surface area contributed by atoms with Crippen LogP contribution in [0.15, 0.2) is 12.3 Å². The average Bonchev–Trinajstić information content (AvgIpc) is 2.46. The van der Waals surface area contributed by atoms with E-state index in [0.717, 1.165) is 38.4 Å². The molecule has 1 aliphatic rings. The Morgan fingerprint density at radius 1 is 1.21 bits per heavy atom. The van der Waals surface area contributed by atoms with Crippen molar-refractivity contribution in [2.24, 2.45) is 0 Å². The first kappa shape index (κ1) is 14.3. The van der Waals surface area contributed by atoms with Crippen molar-refractivity contribution in [3.8, 4) is 0 Å². The molecule has 0 radical (unpaired) electrons. The topological polar surface area (TPSA) is 31.4 Å². The van der Waals surface area contributed by atoms with Crippen molar-refractivity contribution in [1.29, 1.82) is 0 Å². The van der Waals surface area contributed by atoms with Crippen LogP contribution in [0.4, 0.5) is 5.69 Å². The van der Waals surface area contributed by atoms with E-state index in [1.54, 1.807) is 0 Å². The van der Waals surface area contributed by atoms with E-state index in [-0.39, 0.29) is 0 Å². The third kappa shape index (κ3) is 3.67. The molecular weight excluding hydrogens is 236 g/mol. The van der Waals surface area contributed by atoms with Crippen molar-refractivity contribution in [2.45, 2.75) is 27.3 Å². The number of anilines is 1. The van der Waals surface area contributed by atoms with Gasteiger partial charge in [0.1, 0.15) is 0 Å². The molecule has 1 aromatic rings.